The molecule has 0 spiro atoms. The van der Waals surface area contributed by atoms with E-state index in [0.29, 0.717) is 24.2 Å². The molecule has 24 heavy (non-hydrogen) atoms. The lowest BCUT2D eigenvalue weighted by Gasteiger charge is -2.39. The number of nitrogens with zero attached hydrogens (tertiary/aromatic N) is 5. The van der Waals surface area contributed by atoms with Gasteiger partial charge in [-0.2, -0.15) is 10.2 Å². The van der Waals surface area contributed by atoms with Gasteiger partial charge in [-0.1, -0.05) is 35.5 Å². The Bertz CT molecular complexity index is 685. The van der Waals surface area contributed by atoms with Gasteiger partial charge in [0.05, 0.1) is 18.5 Å². The predicted octanol–water partition coefficient (Wildman–Crippen LogP) is 2.72. The van der Waals surface area contributed by atoms with Gasteiger partial charge in [0.1, 0.15) is 0 Å². The van der Waals surface area contributed by atoms with Crippen molar-refractivity contribution in [2.45, 2.75) is 32.4 Å². The van der Waals surface area contributed by atoms with E-state index in [1.807, 2.05) is 30.3 Å². The maximum Gasteiger partial charge on any atom is 0.244 e. The fraction of sp³-hybridized carbons (Fsp3) is 0.500. The average Bonchev–Trinajstić information content (AvgIpc) is 3.12. The van der Waals surface area contributed by atoms with E-state index < -0.39 is 0 Å². The number of benzene rings is 1. The van der Waals surface area contributed by atoms with Crippen LogP contribution in [0.2, 0.25) is 0 Å². The lowest BCUT2D eigenvalue weighted by molar-refractivity contribution is 0.0690. The average molecular weight is 325 g/mol. The Morgan fingerprint density at radius 2 is 1.79 bits per heavy atom. The minimum Gasteiger partial charge on any atom is -0.337 e. The van der Waals surface area contributed by atoms with Gasteiger partial charge in [0.25, 0.3) is 0 Å². The monoisotopic (exact) mass is 325 g/mol. The third kappa shape index (κ3) is 3.64. The van der Waals surface area contributed by atoms with Crippen LogP contribution in [0.25, 0.3) is 11.4 Å². The molecule has 0 radical (unpaired) electrons. The van der Waals surface area contributed by atoms with Gasteiger partial charge in [-0.3, -0.25) is 9.80 Å². The van der Waals surface area contributed by atoms with Crippen molar-refractivity contribution >= 4 is 0 Å². The topological polar surface area (TPSA) is 69.2 Å². The molecule has 126 valence electrons. The molecule has 3 rings (SSSR count). The SMILES string of the molecule is C[C@H](c1nc(-c2ccccc2)no1)N1CCN([C@@H](C)CC#N)CC1. The molecule has 2 aromatic rings. The van der Waals surface area contributed by atoms with Crippen LogP contribution in [0.15, 0.2) is 34.9 Å². The number of hydrogen-bond donors (Lipinski definition) is 0. The highest BCUT2D eigenvalue weighted by molar-refractivity contribution is 5.53. The lowest BCUT2D eigenvalue weighted by Crippen LogP contribution is -2.50. The summed E-state index contributed by atoms with van der Waals surface area (Å²) in [5, 5.41) is 12.9. The molecule has 0 unspecified atom stereocenters. The summed E-state index contributed by atoms with van der Waals surface area (Å²) >= 11 is 0. The van der Waals surface area contributed by atoms with Gasteiger partial charge >= 0.3 is 0 Å². The summed E-state index contributed by atoms with van der Waals surface area (Å²) in [6, 6.07) is 12.5. The molecule has 1 aromatic heterocycles. The van der Waals surface area contributed by atoms with Crippen LogP contribution in [0.3, 0.4) is 0 Å². The lowest BCUT2D eigenvalue weighted by atomic mass is 10.1. The highest BCUT2D eigenvalue weighted by Crippen LogP contribution is 2.23. The van der Waals surface area contributed by atoms with Crippen LogP contribution in [0, 0.1) is 11.3 Å². The maximum atomic E-state index is 8.84. The molecule has 2 heterocycles. The maximum absolute atomic E-state index is 8.84. The van der Waals surface area contributed by atoms with Crippen LogP contribution in [-0.4, -0.2) is 52.2 Å². The Morgan fingerprint density at radius 3 is 2.46 bits per heavy atom. The molecule has 1 aliphatic heterocycles. The van der Waals surface area contributed by atoms with E-state index in [1.54, 1.807) is 0 Å². The fourth-order valence-electron chi connectivity index (χ4n) is 3.09. The van der Waals surface area contributed by atoms with E-state index in [1.165, 1.54) is 0 Å². The van der Waals surface area contributed by atoms with Gasteiger partial charge < -0.3 is 4.52 Å². The van der Waals surface area contributed by atoms with E-state index in [-0.39, 0.29) is 6.04 Å². The van der Waals surface area contributed by atoms with Crippen molar-refractivity contribution in [1.82, 2.24) is 19.9 Å². The molecule has 0 amide bonds. The molecule has 1 saturated heterocycles. The summed E-state index contributed by atoms with van der Waals surface area (Å²) in [5.41, 5.74) is 0.967. The largest absolute Gasteiger partial charge is 0.337 e. The molecular weight excluding hydrogens is 302 g/mol. The van der Waals surface area contributed by atoms with Crippen LogP contribution < -0.4 is 0 Å². The highest BCUT2D eigenvalue weighted by Gasteiger charge is 2.27. The minimum atomic E-state index is 0.100. The molecule has 1 aromatic carbocycles. The minimum absolute atomic E-state index is 0.100. The smallest absolute Gasteiger partial charge is 0.244 e. The first-order chi connectivity index (χ1) is 11.7. The van der Waals surface area contributed by atoms with E-state index in [4.69, 9.17) is 9.78 Å². The summed E-state index contributed by atoms with van der Waals surface area (Å²) in [7, 11) is 0. The van der Waals surface area contributed by atoms with Gasteiger partial charge in [0.15, 0.2) is 0 Å². The Hall–Kier alpha value is -2.23. The van der Waals surface area contributed by atoms with Gasteiger partial charge in [-0.25, -0.2) is 0 Å². The third-order valence-corrected chi connectivity index (χ3v) is 4.74. The van der Waals surface area contributed by atoms with Crippen molar-refractivity contribution < 1.29 is 4.52 Å². The van der Waals surface area contributed by atoms with Gasteiger partial charge in [-0.15, -0.1) is 0 Å². The number of nitriles is 1. The third-order valence-electron chi connectivity index (χ3n) is 4.74. The van der Waals surface area contributed by atoms with Crippen LogP contribution in [0.4, 0.5) is 0 Å². The van der Waals surface area contributed by atoms with Crippen molar-refractivity contribution in [3.63, 3.8) is 0 Å². The van der Waals surface area contributed by atoms with Gasteiger partial charge in [0.2, 0.25) is 11.7 Å². The first-order valence-corrected chi connectivity index (χ1v) is 8.43. The van der Waals surface area contributed by atoms with Crippen molar-refractivity contribution in [2.24, 2.45) is 0 Å². The second-order valence-corrected chi connectivity index (χ2v) is 6.28. The van der Waals surface area contributed by atoms with E-state index >= 15 is 0 Å². The van der Waals surface area contributed by atoms with E-state index in [0.717, 1.165) is 31.7 Å². The Morgan fingerprint density at radius 1 is 1.12 bits per heavy atom. The predicted molar refractivity (Wildman–Crippen MR) is 91.0 cm³/mol. The number of hydrogen-bond acceptors (Lipinski definition) is 6. The number of aromatic nitrogens is 2. The zero-order valence-corrected chi connectivity index (χ0v) is 14.2. The second kappa shape index (κ2) is 7.56. The van der Waals surface area contributed by atoms with Crippen molar-refractivity contribution in [1.29, 1.82) is 5.26 Å². The molecular formula is C18H23N5O. The quantitative estimate of drug-likeness (QED) is 0.842. The molecule has 6 nitrogen and oxygen atoms in total. The second-order valence-electron chi connectivity index (χ2n) is 6.28. The van der Waals surface area contributed by atoms with Crippen LogP contribution in [0.1, 0.15) is 32.2 Å². The molecule has 1 aliphatic rings. The summed E-state index contributed by atoms with van der Waals surface area (Å²) in [5.74, 6) is 1.30. The van der Waals surface area contributed by atoms with Gasteiger partial charge in [0, 0.05) is 37.8 Å². The standard InChI is InChI=1S/C18H23N5O/c1-14(8-9-19)22-10-12-23(13-11-22)15(2)18-20-17(21-24-18)16-6-4-3-5-7-16/h3-7,14-15H,8,10-13H2,1-2H3/t14-,15+/m0/s1. The molecule has 0 bridgehead atoms. The highest BCUT2D eigenvalue weighted by atomic mass is 16.5. The van der Waals surface area contributed by atoms with Gasteiger partial charge in [-0.05, 0) is 13.8 Å². The molecule has 6 heteroatoms. The van der Waals surface area contributed by atoms with Crippen molar-refractivity contribution in [2.75, 3.05) is 26.2 Å². The summed E-state index contributed by atoms with van der Waals surface area (Å²) in [6.45, 7) is 8.04. The fourth-order valence-corrected chi connectivity index (χ4v) is 3.09. The zero-order valence-electron chi connectivity index (χ0n) is 14.2. The van der Waals surface area contributed by atoms with Crippen molar-refractivity contribution in [3.05, 3.63) is 36.2 Å². The zero-order chi connectivity index (χ0) is 16.9. The summed E-state index contributed by atoms with van der Waals surface area (Å²) < 4.78 is 5.49. The van der Waals surface area contributed by atoms with Crippen LogP contribution in [0.5, 0.6) is 0 Å². The Kier molecular flexibility index (Phi) is 5.24. The first kappa shape index (κ1) is 16.6. The molecule has 0 saturated carbocycles. The van der Waals surface area contributed by atoms with E-state index in [2.05, 4.69) is 39.9 Å². The van der Waals surface area contributed by atoms with Crippen LogP contribution in [-0.2, 0) is 0 Å². The first-order valence-electron chi connectivity index (χ1n) is 8.43. The normalized spacial score (nSPS) is 18.9. The molecule has 0 aliphatic carbocycles. The molecule has 2 atom stereocenters. The Labute approximate surface area is 142 Å². The number of rotatable bonds is 5. The Balaban J connectivity index is 1.61. The molecule has 0 N–H and O–H groups in total. The van der Waals surface area contributed by atoms with Crippen LogP contribution >= 0.6 is 0 Å². The van der Waals surface area contributed by atoms with Crippen molar-refractivity contribution in [3.8, 4) is 17.5 Å². The number of piperazine rings is 1. The van der Waals surface area contributed by atoms with E-state index in [9.17, 15) is 0 Å². The summed E-state index contributed by atoms with van der Waals surface area (Å²) in [6.07, 6.45) is 0.583. The summed E-state index contributed by atoms with van der Waals surface area (Å²) in [4.78, 5) is 9.29. The molecule has 1 fully saturated rings.